The van der Waals surface area contributed by atoms with E-state index in [-0.39, 0.29) is 22.8 Å². The summed E-state index contributed by atoms with van der Waals surface area (Å²) in [5.41, 5.74) is 0. The molecule has 1 N–H and O–H groups in total. The second-order valence-corrected chi connectivity index (χ2v) is 12.9. The van der Waals surface area contributed by atoms with Crippen LogP contribution >= 0.6 is 0 Å². The molecule has 0 bridgehead atoms. The predicted octanol–water partition coefficient (Wildman–Crippen LogP) is 4.33. The van der Waals surface area contributed by atoms with E-state index in [1.54, 1.807) is 0 Å². The van der Waals surface area contributed by atoms with Crippen molar-refractivity contribution in [2.45, 2.75) is 79.1 Å². The molecule has 0 aliphatic heterocycles. The average molecular weight is 346 g/mol. The number of rotatable bonds is 7. The number of hydrogen-bond acceptors (Lipinski definition) is 4. The van der Waals surface area contributed by atoms with Crippen LogP contribution in [0.5, 0.6) is 0 Å². The van der Waals surface area contributed by atoms with Gasteiger partial charge in [0.2, 0.25) is 0 Å². The van der Waals surface area contributed by atoms with Crippen molar-refractivity contribution in [3.05, 3.63) is 0 Å². The van der Waals surface area contributed by atoms with Gasteiger partial charge >= 0.3 is 12.1 Å². The van der Waals surface area contributed by atoms with E-state index in [1.165, 1.54) is 0 Å². The van der Waals surface area contributed by atoms with E-state index in [4.69, 9.17) is 9.16 Å². The first-order chi connectivity index (χ1) is 10.3. The Kier molecular flexibility index (Phi) is 8.31. The summed E-state index contributed by atoms with van der Waals surface area (Å²) in [7, 11) is -2.22. The van der Waals surface area contributed by atoms with Gasteiger partial charge in [-0.2, -0.15) is 0 Å². The van der Waals surface area contributed by atoms with E-state index in [1.807, 2.05) is 40.8 Å². The third kappa shape index (κ3) is 7.37. The highest BCUT2D eigenvalue weighted by molar-refractivity contribution is 6.75. The van der Waals surface area contributed by atoms with Gasteiger partial charge in [-0.05, 0) is 30.0 Å². The lowest BCUT2D eigenvalue weighted by molar-refractivity contribution is -0.139. The molecule has 5 nitrogen and oxygen atoms in total. The average Bonchev–Trinajstić information content (AvgIpc) is 2.39. The van der Waals surface area contributed by atoms with E-state index in [0.29, 0.717) is 6.61 Å². The van der Waals surface area contributed by atoms with Crippen LogP contribution in [0.3, 0.4) is 0 Å². The van der Waals surface area contributed by atoms with Crippen LogP contribution in [0.1, 0.15) is 54.9 Å². The minimum atomic E-state index is -2.22. The second kappa shape index (κ2) is 8.71. The summed E-state index contributed by atoms with van der Waals surface area (Å²) in [5, 5.41) is 2.61. The molecule has 0 fully saturated rings. The zero-order valence-electron chi connectivity index (χ0n) is 16.3. The lowest BCUT2D eigenvalue weighted by Gasteiger charge is -2.37. The van der Waals surface area contributed by atoms with Gasteiger partial charge < -0.3 is 14.5 Å². The molecular weight excluding hydrogens is 310 g/mol. The zero-order valence-corrected chi connectivity index (χ0v) is 17.3. The predicted molar refractivity (Wildman–Crippen MR) is 95.9 cm³/mol. The van der Waals surface area contributed by atoms with Gasteiger partial charge in [0.1, 0.15) is 6.04 Å². The molecule has 0 aromatic carbocycles. The minimum absolute atomic E-state index is 0.0149. The Bertz CT molecular complexity index is 402. The maximum absolute atomic E-state index is 12.6. The van der Waals surface area contributed by atoms with Gasteiger partial charge in [0.15, 0.2) is 0 Å². The number of nitrogens with one attached hydrogen (secondary N) is 1. The molecular formula is C17H35NO4Si. The normalized spacial score (nSPS) is 15.0. The molecule has 0 radical (unpaired) electrons. The van der Waals surface area contributed by atoms with E-state index in [0.717, 1.165) is 6.42 Å². The fraction of sp³-hybridized carbons (Fsp3) is 0.882. The summed E-state index contributed by atoms with van der Waals surface area (Å²) in [6.45, 7) is 18.5. The van der Waals surface area contributed by atoms with Crippen molar-refractivity contribution in [1.29, 1.82) is 0 Å². The van der Waals surface area contributed by atoms with Crippen molar-refractivity contribution >= 4 is 20.4 Å². The van der Waals surface area contributed by atoms with Gasteiger partial charge in [0, 0.05) is 0 Å². The van der Waals surface area contributed by atoms with Crippen LogP contribution in [0.2, 0.25) is 18.1 Å². The lowest BCUT2D eigenvalue weighted by Crippen LogP contribution is -2.51. The van der Waals surface area contributed by atoms with E-state index >= 15 is 0 Å². The third-order valence-electron chi connectivity index (χ3n) is 4.45. The van der Waals surface area contributed by atoms with Crippen molar-refractivity contribution < 1.29 is 18.8 Å². The third-order valence-corrected chi connectivity index (χ3v) is 8.77. The molecule has 6 heteroatoms. The van der Waals surface area contributed by atoms with Crippen LogP contribution in [-0.2, 0) is 14.0 Å². The molecule has 136 valence electrons. The Labute approximate surface area is 142 Å². The number of hydrogen-bond donors (Lipinski definition) is 1. The molecule has 1 amide bonds. The molecule has 0 unspecified atom stereocenters. The van der Waals surface area contributed by atoms with Gasteiger partial charge in [0.05, 0.1) is 6.61 Å². The first kappa shape index (κ1) is 22.0. The highest BCUT2D eigenvalue weighted by Crippen LogP contribution is 2.37. The van der Waals surface area contributed by atoms with E-state index in [2.05, 4.69) is 26.1 Å². The first-order valence-electron chi connectivity index (χ1n) is 8.48. The molecule has 0 saturated heterocycles. The zero-order chi connectivity index (χ0) is 18.4. The summed E-state index contributed by atoms with van der Waals surface area (Å²) < 4.78 is 11.0. The molecule has 0 aliphatic rings. The highest BCUT2D eigenvalue weighted by Gasteiger charge is 2.42. The SMILES string of the molecule is CC[C@H](C)[C@H](NC(=O)OCC(C)C)C(=O)O[Si](C)(C)C(C)(C)C. The molecule has 0 rings (SSSR count). The van der Waals surface area contributed by atoms with Crippen LogP contribution in [0.4, 0.5) is 4.79 Å². The van der Waals surface area contributed by atoms with Crippen molar-refractivity contribution in [2.75, 3.05) is 6.61 Å². The second-order valence-electron chi connectivity index (χ2n) is 8.18. The van der Waals surface area contributed by atoms with E-state index < -0.39 is 20.5 Å². The molecule has 0 saturated carbocycles. The number of carbonyl (C=O) groups is 2. The molecule has 0 heterocycles. The lowest BCUT2D eigenvalue weighted by atomic mass is 10.00. The standard InChI is InChI=1S/C17H35NO4Si/c1-10-13(4)14(18-16(20)21-11-12(2)3)15(19)22-23(8,9)17(5,6)7/h12-14H,10-11H2,1-9H3,(H,18,20)/t13-,14-/m0/s1. The number of alkyl carbamates (subject to hydrolysis) is 1. The largest absolute Gasteiger partial charge is 0.518 e. The van der Waals surface area contributed by atoms with Gasteiger partial charge in [0.25, 0.3) is 8.32 Å². The van der Waals surface area contributed by atoms with Crippen LogP contribution < -0.4 is 5.32 Å². The van der Waals surface area contributed by atoms with Crippen LogP contribution in [-0.4, -0.2) is 33.0 Å². The fourth-order valence-electron chi connectivity index (χ4n) is 1.55. The summed E-state index contributed by atoms with van der Waals surface area (Å²) >= 11 is 0. The first-order valence-corrected chi connectivity index (χ1v) is 11.4. The van der Waals surface area contributed by atoms with Gasteiger partial charge in [-0.15, -0.1) is 0 Å². The smallest absolute Gasteiger partial charge is 0.407 e. The summed E-state index contributed by atoms with van der Waals surface area (Å²) in [5.74, 6) is -0.117. The van der Waals surface area contributed by atoms with Crippen LogP contribution in [0, 0.1) is 11.8 Å². The van der Waals surface area contributed by atoms with E-state index in [9.17, 15) is 9.59 Å². The molecule has 23 heavy (non-hydrogen) atoms. The van der Waals surface area contributed by atoms with Gasteiger partial charge in [-0.1, -0.05) is 54.9 Å². The van der Waals surface area contributed by atoms with Gasteiger partial charge in [-0.3, -0.25) is 4.79 Å². The maximum atomic E-state index is 12.6. The molecule has 2 atom stereocenters. The topological polar surface area (TPSA) is 64.6 Å². The molecule has 0 aromatic rings. The Morgan fingerprint density at radius 2 is 1.65 bits per heavy atom. The number of carbonyl (C=O) groups excluding carboxylic acids is 2. The van der Waals surface area contributed by atoms with Crippen LogP contribution in [0.25, 0.3) is 0 Å². The minimum Gasteiger partial charge on any atom is -0.518 e. The molecule has 0 aliphatic carbocycles. The van der Waals surface area contributed by atoms with Crippen molar-refractivity contribution in [1.82, 2.24) is 5.32 Å². The number of amides is 1. The Morgan fingerprint density at radius 3 is 2.04 bits per heavy atom. The molecule has 0 aromatic heterocycles. The highest BCUT2D eigenvalue weighted by atomic mass is 28.4. The number of ether oxygens (including phenoxy) is 1. The summed E-state index contributed by atoms with van der Waals surface area (Å²) in [6.07, 6.45) is 0.207. The van der Waals surface area contributed by atoms with Crippen molar-refractivity contribution in [3.63, 3.8) is 0 Å². The maximum Gasteiger partial charge on any atom is 0.407 e. The fourth-order valence-corrected chi connectivity index (χ4v) is 2.48. The Hall–Kier alpha value is -1.04. The quantitative estimate of drug-likeness (QED) is 0.697. The summed E-state index contributed by atoms with van der Waals surface area (Å²) in [4.78, 5) is 24.5. The van der Waals surface area contributed by atoms with Crippen molar-refractivity contribution in [2.24, 2.45) is 11.8 Å². The Morgan fingerprint density at radius 1 is 1.13 bits per heavy atom. The van der Waals surface area contributed by atoms with Crippen LogP contribution in [0.15, 0.2) is 0 Å². The molecule has 0 spiro atoms. The Balaban J connectivity index is 4.97. The monoisotopic (exact) mass is 345 g/mol. The van der Waals surface area contributed by atoms with Crippen molar-refractivity contribution in [3.8, 4) is 0 Å². The summed E-state index contributed by atoms with van der Waals surface area (Å²) in [6, 6.07) is -0.672. The van der Waals surface area contributed by atoms with Gasteiger partial charge in [-0.25, -0.2) is 4.79 Å².